The molecule has 0 aliphatic carbocycles. The van der Waals surface area contributed by atoms with E-state index in [9.17, 15) is 9.59 Å². The molecule has 5 nitrogen and oxygen atoms in total. The van der Waals surface area contributed by atoms with E-state index in [0.717, 1.165) is 5.56 Å². The second-order valence-corrected chi connectivity index (χ2v) is 6.12. The third kappa shape index (κ3) is 5.32. The quantitative estimate of drug-likeness (QED) is 0.251. The van der Waals surface area contributed by atoms with Crippen LogP contribution in [-0.2, 0) is 0 Å². The van der Waals surface area contributed by atoms with Gasteiger partial charge in [-0.2, -0.15) is 0 Å². The molecule has 0 N–H and O–H groups in total. The Labute approximate surface area is 169 Å². The molecule has 0 atom stereocenters. The number of ether oxygens (including phenoxy) is 3. The molecular formula is C24H20O5. The van der Waals surface area contributed by atoms with Crippen LogP contribution in [0.5, 0.6) is 17.2 Å². The molecule has 3 rings (SSSR count). The van der Waals surface area contributed by atoms with Gasteiger partial charge in [-0.3, -0.25) is 4.79 Å². The van der Waals surface area contributed by atoms with Crippen LogP contribution in [0, 0.1) is 0 Å². The minimum atomic E-state index is -0.470. The summed E-state index contributed by atoms with van der Waals surface area (Å²) in [4.78, 5) is 24.5. The number of rotatable bonds is 7. The van der Waals surface area contributed by atoms with Crippen LogP contribution >= 0.6 is 0 Å². The van der Waals surface area contributed by atoms with Crippen LogP contribution in [0.4, 0.5) is 0 Å². The van der Waals surface area contributed by atoms with Crippen LogP contribution in [0.15, 0.2) is 78.9 Å². The highest BCUT2D eigenvalue weighted by Gasteiger charge is 2.09. The molecule has 29 heavy (non-hydrogen) atoms. The van der Waals surface area contributed by atoms with E-state index in [1.54, 1.807) is 86.0 Å². The first-order chi connectivity index (χ1) is 14.1. The zero-order valence-electron chi connectivity index (χ0n) is 16.1. The Morgan fingerprint density at radius 2 is 1.38 bits per heavy atom. The van der Waals surface area contributed by atoms with Gasteiger partial charge in [0.1, 0.15) is 17.2 Å². The van der Waals surface area contributed by atoms with E-state index >= 15 is 0 Å². The molecule has 0 radical (unpaired) electrons. The SMILES string of the molecule is COc1ccc(C(=O)C=Cc2ccc(OC(=O)c3cccc(OC)c3)cc2)cc1. The molecule has 0 unspecified atom stereocenters. The maximum atomic E-state index is 12.2. The Morgan fingerprint density at radius 3 is 2.03 bits per heavy atom. The fourth-order valence-electron chi connectivity index (χ4n) is 2.59. The van der Waals surface area contributed by atoms with Crippen molar-refractivity contribution in [2.24, 2.45) is 0 Å². The first-order valence-corrected chi connectivity index (χ1v) is 8.92. The van der Waals surface area contributed by atoms with Gasteiger partial charge in [-0.05, 0) is 66.2 Å². The molecule has 0 aliphatic rings. The fourth-order valence-corrected chi connectivity index (χ4v) is 2.59. The average Bonchev–Trinajstić information content (AvgIpc) is 2.78. The molecule has 0 saturated carbocycles. The molecule has 0 aromatic heterocycles. The molecule has 146 valence electrons. The van der Waals surface area contributed by atoms with E-state index in [4.69, 9.17) is 14.2 Å². The Balaban J connectivity index is 1.62. The number of allylic oxidation sites excluding steroid dienone is 1. The molecule has 0 bridgehead atoms. The molecule has 3 aromatic carbocycles. The van der Waals surface area contributed by atoms with E-state index in [1.807, 2.05) is 0 Å². The molecular weight excluding hydrogens is 368 g/mol. The lowest BCUT2D eigenvalue weighted by Crippen LogP contribution is -2.08. The van der Waals surface area contributed by atoms with Crippen LogP contribution in [0.3, 0.4) is 0 Å². The van der Waals surface area contributed by atoms with Crippen molar-refractivity contribution >= 4 is 17.8 Å². The second-order valence-electron chi connectivity index (χ2n) is 6.12. The van der Waals surface area contributed by atoms with Crippen molar-refractivity contribution in [1.82, 2.24) is 0 Å². The Hall–Kier alpha value is -3.86. The first-order valence-electron chi connectivity index (χ1n) is 8.92. The van der Waals surface area contributed by atoms with Crippen LogP contribution in [-0.4, -0.2) is 26.0 Å². The van der Waals surface area contributed by atoms with Crippen molar-refractivity contribution in [3.63, 3.8) is 0 Å². The smallest absolute Gasteiger partial charge is 0.343 e. The second kappa shape index (κ2) is 9.37. The Morgan fingerprint density at radius 1 is 0.724 bits per heavy atom. The third-order valence-electron chi connectivity index (χ3n) is 4.20. The zero-order chi connectivity index (χ0) is 20.6. The summed E-state index contributed by atoms with van der Waals surface area (Å²) >= 11 is 0. The molecule has 0 saturated heterocycles. The van der Waals surface area contributed by atoms with E-state index in [2.05, 4.69) is 0 Å². The molecule has 0 fully saturated rings. The number of carbonyl (C=O) groups is 2. The summed E-state index contributed by atoms with van der Waals surface area (Å²) in [5, 5.41) is 0. The van der Waals surface area contributed by atoms with Crippen molar-refractivity contribution in [3.8, 4) is 17.2 Å². The van der Waals surface area contributed by atoms with Gasteiger partial charge >= 0.3 is 5.97 Å². The largest absolute Gasteiger partial charge is 0.497 e. The summed E-state index contributed by atoms with van der Waals surface area (Å²) in [7, 11) is 3.12. The summed E-state index contributed by atoms with van der Waals surface area (Å²) in [5.74, 6) is 1.12. The third-order valence-corrected chi connectivity index (χ3v) is 4.20. The van der Waals surface area contributed by atoms with E-state index < -0.39 is 5.97 Å². The highest BCUT2D eigenvalue weighted by molar-refractivity contribution is 6.06. The highest BCUT2D eigenvalue weighted by atomic mass is 16.5. The average molecular weight is 388 g/mol. The van der Waals surface area contributed by atoms with Gasteiger partial charge in [0.2, 0.25) is 0 Å². The fraction of sp³-hybridized carbons (Fsp3) is 0.0833. The Kier molecular flexibility index (Phi) is 6.43. The van der Waals surface area contributed by atoms with Gasteiger partial charge in [-0.25, -0.2) is 4.79 Å². The van der Waals surface area contributed by atoms with Crippen molar-refractivity contribution in [1.29, 1.82) is 0 Å². The van der Waals surface area contributed by atoms with Gasteiger partial charge in [0, 0.05) is 5.56 Å². The van der Waals surface area contributed by atoms with Crippen molar-refractivity contribution in [2.45, 2.75) is 0 Å². The molecule has 3 aromatic rings. The van der Waals surface area contributed by atoms with E-state index in [0.29, 0.717) is 28.4 Å². The predicted octanol–water partition coefficient (Wildman–Crippen LogP) is 4.82. The predicted molar refractivity (Wildman–Crippen MR) is 111 cm³/mol. The minimum absolute atomic E-state index is 0.110. The van der Waals surface area contributed by atoms with Crippen LogP contribution in [0.1, 0.15) is 26.3 Å². The standard InChI is InChI=1S/C24H20O5/c1-27-20-13-9-18(10-14-20)23(25)15-8-17-6-11-21(12-7-17)29-24(26)19-4-3-5-22(16-19)28-2/h3-16H,1-2H3. The summed E-state index contributed by atoms with van der Waals surface area (Å²) in [6.45, 7) is 0. The molecule has 0 aliphatic heterocycles. The lowest BCUT2D eigenvalue weighted by molar-refractivity contribution is 0.0734. The first kappa shape index (κ1) is 19.9. The summed E-state index contributed by atoms with van der Waals surface area (Å²) in [6, 6.07) is 20.6. The van der Waals surface area contributed by atoms with Crippen molar-refractivity contribution in [2.75, 3.05) is 14.2 Å². The number of esters is 1. The number of methoxy groups -OCH3 is 2. The van der Waals surface area contributed by atoms with Gasteiger partial charge in [0.25, 0.3) is 0 Å². The normalized spacial score (nSPS) is 10.6. The summed E-state index contributed by atoms with van der Waals surface area (Å²) in [6.07, 6.45) is 3.21. The maximum Gasteiger partial charge on any atom is 0.343 e. The monoisotopic (exact) mass is 388 g/mol. The number of ketones is 1. The lowest BCUT2D eigenvalue weighted by Gasteiger charge is -2.06. The Bertz CT molecular complexity index is 1020. The summed E-state index contributed by atoms with van der Waals surface area (Å²) < 4.78 is 15.6. The lowest BCUT2D eigenvalue weighted by atomic mass is 10.1. The molecule has 0 spiro atoms. The van der Waals surface area contributed by atoms with Crippen LogP contribution in [0.2, 0.25) is 0 Å². The van der Waals surface area contributed by atoms with Crippen LogP contribution in [0.25, 0.3) is 6.08 Å². The summed E-state index contributed by atoms with van der Waals surface area (Å²) in [5.41, 5.74) is 1.79. The molecule has 0 heterocycles. The number of carbonyl (C=O) groups excluding carboxylic acids is 2. The van der Waals surface area contributed by atoms with Gasteiger partial charge < -0.3 is 14.2 Å². The topological polar surface area (TPSA) is 61.8 Å². The van der Waals surface area contributed by atoms with Gasteiger partial charge in [0.15, 0.2) is 5.78 Å². The van der Waals surface area contributed by atoms with E-state index in [1.165, 1.54) is 13.2 Å². The van der Waals surface area contributed by atoms with Crippen molar-refractivity contribution in [3.05, 3.63) is 95.6 Å². The van der Waals surface area contributed by atoms with Gasteiger partial charge in [-0.1, -0.05) is 24.3 Å². The van der Waals surface area contributed by atoms with Crippen LogP contribution < -0.4 is 14.2 Å². The van der Waals surface area contributed by atoms with Gasteiger partial charge in [0.05, 0.1) is 19.8 Å². The van der Waals surface area contributed by atoms with E-state index in [-0.39, 0.29) is 5.78 Å². The minimum Gasteiger partial charge on any atom is -0.497 e. The highest BCUT2D eigenvalue weighted by Crippen LogP contribution is 2.18. The molecule has 5 heteroatoms. The number of benzene rings is 3. The maximum absolute atomic E-state index is 12.2. The number of hydrogen-bond donors (Lipinski definition) is 0. The van der Waals surface area contributed by atoms with Crippen molar-refractivity contribution < 1.29 is 23.8 Å². The zero-order valence-corrected chi connectivity index (χ0v) is 16.1. The van der Waals surface area contributed by atoms with Gasteiger partial charge in [-0.15, -0.1) is 0 Å². The molecule has 0 amide bonds. The number of hydrogen-bond acceptors (Lipinski definition) is 5.